The first-order valence-electron chi connectivity index (χ1n) is 18.0. The molecule has 2 aliphatic carbocycles. The minimum atomic E-state index is -0.368. The van der Waals surface area contributed by atoms with E-state index in [0.29, 0.717) is 68.8 Å². The van der Waals surface area contributed by atoms with Crippen LogP contribution in [0.15, 0.2) is 77.5 Å². The maximum atomic E-state index is 12.3. The van der Waals surface area contributed by atoms with Crippen molar-refractivity contribution in [2.45, 2.75) is 78.2 Å². The van der Waals surface area contributed by atoms with E-state index in [9.17, 15) is 28.8 Å². The monoisotopic (exact) mass is 725 g/mol. The number of nitrogens with two attached hydrogens (primary N) is 1. The topological polar surface area (TPSA) is 177 Å². The number of fused-ring (bicyclic) bond motifs is 2. The summed E-state index contributed by atoms with van der Waals surface area (Å²) in [6.45, 7) is 5.11. The Hall–Kier alpha value is -5.62. The number of carbonyl (C=O) groups is 6. The number of aryl methyl sites for hydroxylation is 2. The number of nitrogens with one attached hydrogen (secondary N) is 1. The van der Waals surface area contributed by atoms with Crippen LogP contribution in [0.2, 0.25) is 0 Å². The van der Waals surface area contributed by atoms with Crippen molar-refractivity contribution in [2.24, 2.45) is 5.73 Å². The number of benzene rings is 2. The van der Waals surface area contributed by atoms with E-state index < -0.39 is 0 Å². The van der Waals surface area contributed by atoms with Crippen LogP contribution in [0.1, 0.15) is 111 Å². The van der Waals surface area contributed by atoms with Crippen LogP contribution in [0.3, 0.4) is 0 Å². The second-order valence-electron chi connectivity index (χ2n) is 12.4. The number of furan rings is 1. The molecule has 2 heterocycles. The Morgan fingerprint density at radius 1 is 0.755 bits per heavy atom. The number of aromatic nitrogens is 1. The van der Waals surface area contributed by atoms with Gasteiger partial charge in [-0.2, -0.15) is 0 Å². The van der Waals surface area contributed by atoms with Crippen LogP contribution < -0.4 is 11.1 Å². The summed E-state index contributed by atoms with van der Waals surface area (Å²) < 4.78 is 16.9. The standard InChI is InChI=1S/C21H23NO4.C12H16N2O3.C8H8O2/c1-2-26-21(25)16-8-6-15(7-9-16)14-17(23)10-12-22-13-11-18-19(22)4-3-5-20(18)24;1-2-17-12(16)9-3-5-10(6-4-9)14-11(15)7-8-13;9-7-2-1-3-8-6(7)4-5-10-8/h6-9,11,13H,2-5,10,12,14H2,1H3;3-6H,2,7-8,13H2,1H3,(H,14,15);4-5H,1-3H2. The normalized spacial score (nSPS) is 12.9. The number of carbonyl (C=O) groups excluding carboxylic acids is 6. The van der Waals surface area contributed by atoms with Crippen LogP contribution >= 0.6 is 0 Å². The van der Waals surface area contributed by atoms with Gasteiger partial charge in [-0.25, -0.2) is 9.59 Å². The molecule has 0 unspecified atom stereocenters. The molecule has 2 aliphatic rings. The van der Waals surface area contributed by atoms with E-state index in [1.165, 1.54) is 0 Å². The second-order valence-corrected chi connectivity index (χ2v) is 12.4. The molecule has 0 spiro atoms. The summed E-state index contributed by atoms with van der Waals surface area (Å²) in [4.78, 5) is 69.5. The molecule has 2 aromatic heterocycles. The Kier molecular flexibility index (Phi) is 15.5. The molecule has 53 heavy (non-hydrogen) atoms. The Morgan fingerprint density at radius 2 is 1.36 bits per heavy atom. The molecule has 0 fully saturated rings. The molecule has 3 N–H and O–H groups in total. The number of ether oxygens (including phenoxy) is 2. The third-order valence-electron chi connectivity index (χ3n) is 8.60. The van der Waals surface area contributed by atoms with E-state index in [-0.39, 0.29) is 41.6 Å². The van der Waals surface area contributed by atoms with Crippen molar-refractivity contribution >= 4 is 40.9 Å². The van der Waals surface area contributed by atoms with Gasteiger partial charge in [-0.15, -0.1) is 0 Å². The second kappa shape index (κ2) is 20.4. The molecular weight excluding hydrogens is 678 g/mol. The van der Waals surface area contributed by atoms with Gasteiger partial charge in [-0.1, -0.05) is 12.1 Å². The zero-order valence-electron chi connectivity index (χ0n) is 30.3. The lowest BCUT2D eigenvalue weighted by Crippen LogP contribution is -2.16. The van der Waals surface area contributed by atoms with Gasteiger partial charge < -0.3 is 29.5 Å². The molecule has 12 nitrogen and oxygen atoms in total. The number of Topliss-reactive ketones (excluding diaryl/α,β-unsaturated/α-hetero) is 3. The third kappa shape index (κ3) is 12.0. The molecular formula is C41H47N3O9. The average Bonchev–Trinajstić information content (AvgIpc) is 3.81. The summed E-state index contributed by atoms with van der Waals surface area (Å²) in [7, 11) is 0. The number of ketones is 3. The summed E-state index contributed by atoms with van der Waals surface area (Å²) in [5, 5.41) is 2.67. The van der Waals surface area contributed by atoms with Crippen molar-refractivity contribution < 1.29 is 42.7 Å². The molecule has 280 valence electrons. The van der Waals surface area contributed by atoms with Crippen LogP contribution in [-0.2, 0) is 44.9 Å². The van der Waals surface area contributed by atoms with Gasteiger partial charge in [0.15, 0.2) is 11.6 Å². The first kappa shape index (κ1) is 40.2. The maximum Gasteiger partial charge on any atom is 0.338 e. The number of esters is 2. The third-order valence-corrected chi connectivity index (χ3v) is 8.60. The first-order chi connectivity index (χ1) is 25.6. The van der Waals surface area contributed by atoms with E-state index in [2.05, 4.69) is 5.32 Å². The smallest absolute Gasteiger partial charge is 0.338 e. The van der Waals surface area contributed by atoms with E-state index in [4.69, 9.17) is 19.6 Å². The SMILES string of the molecule is CCOC(=O)c1ccc(CC(=O)CCn2ccc3c2CCCC3=O)cc1.CCOC(=O)c1ccc(NC(=O)CCN)cc1.O=C1CCCc2occc21. The fourth-order valence-corrected chi connectivity index (χ4v) is 5.92. The van der Waals surface area contributed by atoms with E-state index in [1.54, 1.807) is 74.7 Å². The quantitative estimate of drug-likeness (QED) is 0.157. The van der Waals surface area contributed by atoms with Crippen molar-refractivity contribution in [3.05, 3.63) is 112 Å². The molecule has 4 aromatic rings. The molecule has 0 saturated carbocycles. The molecule has 12 heteroatoms. The molecule has 0 radical (unpaired) electrons. The lowest BCUT2D eigenvalue weighted by molar-refractivity contribution is -0.118. The highest BCUT2D eigenvalue weighted by molar-refractivity contribution is 5.98. The Labute approximate surface area is 309 Å². The molecule has 1 amide bonds. The van der Waals surface area contributed by atoms with E-state index >= 15 is 0 Å². The Morgan fingerprint density at radius 3 is 1.96 bits per heavy atom. The van der Waals surface area contributed by atoms with Gasteiger partial charge in [0.25, 0.3) is 0 Å². The fraction of sp³-hybridized carbons (Fsp3) is 0.366. The fourth-order valence-electron chi connectivity index (χ4n) is 5.92. The van der Waals surface area contributed by atoms with Crippen molar-refractivity contribution in [1.29, 1.82) is 0 Å². The molecule has 0 saturated heterocycles. The average molecular weight is 726 g/mol. The van der Waals surface area contributed by atoms with Gasteiger partial charge >= 0.3 is 11.9 Å². The van der Waals surface area contributed by atoms with Crippen molar-refractivity contribution in [2.75, 3.05) is 25.1 Å². The van der Waals surface area contributed by atoms with Gasteiger partial charge in [0, 0.05) is 74.8 Å². The highest BCUT2D eigenvalue weighted by Crippen LogP contribution is 2.23. The summed E-state index contributed by atoms with van der Waals surface area (Å²) in [6.07, 6.45) is 9.51. The summed E-state index contributed by atoms with van der Waals surface area (Å²) >= 11 is 0. The predicted molar refractivity (Wildman–Crippen MR) is 198 cm³/mol. The maximum absolute atomic E-state index is 12.3. The van der Waals surface area contributed by atoms with Gasteiger partial charge in [0.2, 0.25) is 5.91 Å². The number of rotatable bonds is 12. The van der Waals surface area contributed by atoms with Crippen molar-refractivity contribution in [3.8, 4) is 0 Å². The van der Waals surface area contributed by atoms with Gasteiger partial charge in [-0.05, 0) is 87.2 Å². The highest BCUT2D eigenvalue weighted by atomic mass is 16.5. The zero-order valence-corrected chi connectivity index (χ0v) is 30.3. The van der Waals surface area contributed by atoms with Crippen molar-refractivity contribution in [3.63, 3.8) is 0 Å². The zero-order chi connectivity index (χ0) is 38.2. The summed E-state index contributed by atoms with van der Waals surface area (Å²) in [5.74, 6) is 0.587. The first-order valence-corrected chi connectivity index (χ1v) is 18.0. The lowest BCUT2D eigenvalue weighted by atomic mass is 9.97. The lowest BCUT2D eigenvalue weighted by Gasteiger charge is -2.14. The molecule has 2 aromatic carbocycles. The predicted octanol–water partition coefficient (Wildman–Crippen LogP) is 6.33. The molecule has 0 atom stereocenters. The highest BCUT2D eigenvalue weighted by Gasteiger charge is 2.21. The molecule has 6 rings (SSSR count). The van der Waals surface area contributed by atoms with Gasteiger partial charge in [-0.3, -0.25) is 19.2 Å². The Bertz CT molecular complexity index is 1870. The number of nitrogens with zero attached hydrogens (tertiary/aromatic N) is 1. The van der Waals surface area contributed by atoms with Crippen LogP contribution in [0.4, 0.5) is 5.69 Å². The number of anilines is 1. The number of hydrogen-bond acceptors (Lipinski definition) is 10. The molecule has 0 bridgehead atoms. The summed E-state index contributed by atoms with van der Waals surface area (Å²) in [6, 6.07) is 17.1. The molecule has 0 aliphatic heterocycles. The minimum absolute atomic E-state index is 0.137. The van der Waals surface area contributed by atoms with E-state index in [0.717, 1.165) is 53.8 Å². The Balaban J connectivity index is 0.000000198. The summed E-state index contributed by atoms with van der Waals surface area (Å²) in [5.41, 5.74) is 10.4. The van der Waals surface area contributed by atoms with Crippen LogP contribution in [0.5, 0.6) is 0 Å². The number of amides is 1. The van der Waals surface area contributed by atoms with Crippen LogP contribution in [-0.4, -0.2) is 59.5 Å². The van der Waals surface area contributed by atoms with E-state index in [1.807, 2.05) is 16.8 Å². The van der Waals surface area contributed by atoms with Gasteiger partial charge in [0.1, 0.15) is 11.5 Å². The minimum Gasteiger partial charge on any atom is -0.469 e. The van der Waals surface area contributed by atoms with Gasteiger partial charge in [0.05, 0.1) is 36.2 Å². The van der Waals surface area contributed by atoms with Crippen LogP contribution in [0, 0.1) is 0 Å². The van der Waals surface area contributed by atoms with Crippen molar-refractivity contribution in [1.82, 2.24) is 4.57 Å². The van der Waals surface area contributed by atoms with Crippen LogP contribution in [0.25, 0.3) is 0 Å². The number of hydrogen-bond donors (Lipinski definition) is 2. The largest absolute Gasteiger partial charge is 0.469 e.